The average molecular weight is 333 g/mol. The second kappa shape index (κ2) is 8.15. The number of aromatic amines is 1. The molecule has 1 aromatic heterocycles. The number of hydrogen-bond donors (Lipinski definition) is 2. The molecule has 5 heteroatoms. The highest BCUT2D eigenvalue weighted by Gasteiger charge is 2.08. The van der Waals surface area contributed by atoms with Crippen molar-refractivity contribution in [3.05, 3.63) is 78.2 Å². The molecule has 25 heavy (non-hydrogen) atoms. The molecule has 5 nitrogen and oxygen atoms in total. The molecule has 3 rings (SSSR count). The lowest BCUT2D eigenvalue weighted by Crippen LogP contribution is -2.38. The van der Waals surface area contributed by atoms with Crippen LogP contribution in [0.2, 0.25) is 0 Å². The maximum absolute atomic E-state index is 4.45. The molecule has 0 unspecified atom stereocenters. The highest BCUT2D eigenvalue weighted by Crippen LogP contribution is 2.15. The number of benzene rings is 2. The summed E-state index contributed by atoms with van der Waals surface area (Å²) in [4.78, 5) is 14.2. The second-order valence-electron chi connectivity index (χ2n) is 5.85. The van der Waals surface area contributed by atoms with Crippen LogP contribution in [-0.2, 0) is 13.1 Å². The van der Waals surface area contributed by atoms with Crippen molar-refractivity contribution >= 4 is 5.96 Å². The van der Waals surface area contributed by atoms with Crippen LogP contribution >= 0.6 is 0 Å². The van der Waals surface area contributed by atoms with Gasteiger partial charge < -0.3 is 15.2 Å². The van der Waals surface area contributed by atoms with E-state index in [2.05, 4.69) is 49.4 Å². The minimum Gasteiger partial charge on any atom is -0.349 e. The van der Waals surface area contributed by atoms with Crippen molar-refractivity contribution < 1.29 is 0 Å². The Balaban J connectivity index is 1.59. The highest BCUT2D eigenvalue weighted by molar-refractivity contribution is 5.79. The fraction of sp³-hybridized carbons (Fsp3) is 0.200. The van der Waals surface area contributed by atoms with Crippen molar-refractivity contribution in [2.75, 3.05) is 14.1 Å². The van der Waals surface area contributed by atoms with Crippen LogP contribution in [0.4, 0.5) is 0 Å². The van der Waals surface area contributed by atoms with E-state index in [9.17, 15) is 0 Å². The molecular weight excluding hydrogens is 310 g/mol. The van der Waals surface area contributed by atoms with Crippen molar-refractivity contribution in [1.82, 2.24) is 20.2 Å². The van der Waals surface area contributed by atoms with Crippen LogP contribution in [0.25, 0.3) is 11.3 Å². The van der Waals surface area contributed by atoms with Gasteiger partial charge in [0.1, 0.15) is 5.82 Å². The van der Waals surface area contributed by atoms with E-state index in [1.54, 1.807) is 7.05 Å². The molecule has 0 radical (unpaired) electrons. The van der Waals surface area contributed by atoms with E-state index in [-0.39, 0.29) is 0 Å². The Labute approximate surface area is 148 Å². The van der Waals surface area contributed by atoms with Crippen molar-refractivity contribution in [2.24, 2.45) is 4.99 Å². The second-order valence-corrected chi connectivity index (χ2v) is 5.85. The topological polar surface area (TPSA) is 56.3 Å². The minimum absolute atomic E-state index is 0.596. The smallest absolute Gasteiger partial charge is 0.194 e. The van der Waals surface area contributed by atoms with Crippen LogP contribution in [0, 0.1) is 0 Å². The summed E-state index contributed by atoms with van der Waals surface area (Å²) in [6.07, 6.45) is 1.86. The molecule has 0 amide bonds. The van der Waals surface area contributed by atoms with Crippen molar-refractivity contribution in [1.29, 1.82) is 0 Å². The lowest BCUT2D eigenvalue weighted by atomic mass is 10.2. The van der Waals surface area contributed by atoms with Gasteiger partial charge in [-0.1, -0.05) is 60.7 Å². The summed E-state index contributed by atoms with van der Waals surface area (Å²) in [5, 5.41) is 3.35. The van der Waals surface area contributed by atoms with Gasteiger partial charge in [-0.25, -0.2) is 4.98 Å². The zero-order chi connectivity index (χ0) is 17.5. The number of nitrogens with one attached hydrogen (secondary N) is 2. The molecule has 2 aromatic carbocycles. The summed E-state index contributed by atoms with van der Waals surface area (Å²) in [7, 11) is 3.82. The molecular formula is C20H23N5. The van der Waals surface area contributed by atoms with Gasteiger partial charge in [0, 0.05) is 20.6 Å². The van der Waals surface area contributed by atoms with Crippen molar-refractivity contribution in [3.63, 3.8) is 0 Å². The monoisotopic (exact) mass is 333 g/mol. The van der Waals surface area contributed by atoms with Crippen LogP contribution in [0.15, 0.2) is 71.9 Å². The van der Waals surface area contributed by atoms with Crippen molar-refractivity contribution in [3.8, 4) is 11.3 Å². The fourth-order valence-electron chi connectivity index (χ4n) is 2.70. The Morgan fingerprint density at radius 2 is 1.76 bits per heavy atom. The van der Waals surface area contributed by atoms with E-state index < -0.39 is 0 Å². The van der Waals surface area contributed by atoms with Gasteiger partial charge >= 0.3 is 0 Å². The number of imidazole rings is 1. The maximum Gasteiger partial charge on any atom is 0.194 e. The number of aliphatic imine (C=N–C) groups is 1. The van der Waals surface area contributed by atoms with Gasteiger partial charge in [-0.05, 0) is 11.1 Å². The average Bonchev–Trinajstić information content (AvgIpc) is 3.13. The minimum atomic E-state index is 0.596. The van der Waals surface area contributed by atoms with Gasteiger partial charge in [-0.3, -0.25) is 4.99 Å². The first kappa shape index (κ1) is 16.8. The fourth-order valence-corrected chi connectivity index (χ4v) is 2.70. The molecule has 0 aliphatic heterocycles. The molecule has 2 N–H and O–H groups in total. The van der Waals surface area contributed by atoms with Crippen LogP contribution in [0.3, 0.4) is 0 Å². The van der Waals surface area contributed by atoms with E-state index in [0.29, 0.717) is 6.54 Å². The van der Waals surface area contributed by atoms with E-state index in [1.807, 2.05) is 49.6 Å². The maximum atomic E-state index is 4.45. The number of guanidine groups is 1. The summed E-state index contributed by atoms with van der Waals surface area (Å²) in [5.74, 6) is 1.72. The van der Waals surface area contributed by atoms with Crippen LogP contribution in [-0.4, -0.2) is 34.9 Å². The summed E-state index contributed by atoms with van der Waals surface area (Å²) in [5.41, 5.74) is 3.40. The largest absolute Gasteiger partial charge is 0.349 e. The molecule has 3 aromatic rings. The van der Waals surface area contributed by atoms with Crippen LogP contribution in [0.1, 0.15) is 11.4 Å². The first-order valence-electron chi connectivity index (χ1n) is 8.31. The first-order chi connectivity index (χ1) is 12.3. The molecule has 0 aliphatic rings. The molecule has 128 valence electrons. The molecule has 0 atom stereocenters. The Morgan fingerprint density at radius 3 is 2.44 bits per heavy atom. The summed E-state index contributed by atoms with van der Waals surface area (Å²) in [6.45, 7) is 1.40. The Hall–Kier alpha value is -3.08. The van der Waals surface area contributed by atoms with Gasteiger partial charge in [0.25, 0.3) is 0 Å². The SMILES string of the molecule is CN=C(NCc1ncc(-c2ccccc2)[nH]1)N(C)Cc1ccccc1. The molecule has 0 fully saturated rings. The normalized spacial score (nSPS) is 11.4. The van der Waals surface area contributed by atoms with Crippen LogP contribution in [0.5, 0.6) is 0 Å². The zero-order valence-corrected chi connectivity index (χ0v) is 14.6. The van der Waals surface area contributed by atoms with Crippen molar-refractivity contribution in [2.45, 2.75) is 13.1 Å². The lowest BCUT2D eigenvalue weighted by molar-refractivity contribution is 0.475. The van der Waals surface area contributed by atoms with Gasteiger partial charge in [0.2, 0.25) is 0 Å². The molecule has 0 saturated heterocycles. The standard InChI is InChI=1S/C20H23N5/c1-21-20(25(2)15-16-9-5-3-6-10-16)23-14-19-22-13-18(24-19)17-11-7-4-8-12-17/h3-13H,14-15H2,1-2H3,(H,21,23)(H,22,24). The molecule has 0 aliphatic carbocycles. The number of H-pyrrole nitrogens is 1. The Bertz CT molecular complexity index is 808. The van der Waals surface area contributed by atoms with E-state index >= 15 is 0 Å². The Morgan fingerprint density at radius 1 is 1.08 bits per heavy atom. The van der Waals surface area contributed by atoms with Crippen LogP contribution < -0.4 is 5.32 Å². The third kappa shape index (κ3) is 4.47. The first-order valence-corrected chi connectivity index (χ1v) is 8.31. The third-order valence-corrected chi connectivity index (χ3v) is 3.96. The third-order valence-electron chi connectivity index (χ3n) is 3.96. The number of rotatable bonds is 5. The van der Waals surface area contributed by atoms with E-state index in [4.69, 9.17) is 0 Å². The summed E-state index contributed by atoms with van der Waals surface area (Å²) >= 11 is 0. The summed E-state index contributed by atoms with van der Waals surface area (Å²) < 4.78 is 0. The quantitative estimate of drug-likeness (QED) is 0.556. The summed E-state index contributed by atoms with van der Waals surface area (Å²) in [6, 6.07) is 20.5. The van der Waals surface area contributed by atoms with E-state index in [1.165, 1.54) is 5.56 Å². The van der Waals surface area contributed by atoms with Gasteiger partial charge in [0.15, 0.2) is 5.96 Å². The highest BCUT2D eigenvalue weighted by atomic mass is 15.3. The predicted molar refractivity (Wildman–Crippen MR) is 102 cm³/mol. The predicted octanol–water partition coefficient (Wildman–Crippen LogP) is 3.28. The Kier molecular flexibility index (Phi) is 5.46. The number of nitrogens with zero attached hydrogens (tertiary/aromatic N) is 3. The molecule has 0 bridgehead atoms. The molecule has 0 spiro atoms. The van der Waals surface area contributed by atoms with Gasteiger partial charge in [-0.2, -0.15) is 0 Å². The lowest BCUT2D eigenvalue weighted by Gasteiger charge is -2.21. The number of aromatic nitrogens is 2. The van der Waals surface area contributed by atoms with Gasteiger partial charge in [0.05, 0.1) is 18.4 Å². The van der Waals surface area contributed by atoms with E-state index in [0.717, 1.165) is 29.6 Å². The molecule has 0 saturated carbocycles. The zero-order valence-electron chi connectivity index (χ0n) is 14.6. The van der Waals surface area contributed by atoms with Gasteiger partial charge in [-0.15, -0.1) is 0 Å². The molecule has 1 heterocycles. The number of hydrogen-bond acceptors (Lipinski definition) is 2.